The van der Waals surface area contributed by atoms with Gasteiger partial charge in [-0.2, -0.15) is 0 Å². The summed E-state index contributed by atoms with van der Waals surface area (Å²) in [5.41, 5.74) is 0.679. The van der Waals surface area contributed by atoms with E-state index in [1.165, 1.54) is 25.7 Å². The zero-order valence-corrected chi connectivity index (χ0v) is 12.1. The number of ether oxygens (including phenoxy) is 1. The van der Waals surface area contributed by atoms with E-state index in [1.807, 2.05) is 0 Å². The predicted octanol–water partition coefficient (Wildman–Crippen LogP) is 4.65. The van der Waals surface area contributed by atoms with Gasteiger partial charge in [-0.25, -0.2) is 0 Å². The van der Waals surface area contributed by atoms with Crippen molar-refractivity contribution >= 4 is 0 Å². The maximum atomic E-state index is 6.19. The molecule has 1 heteroatoms. The van der Waals surface area contributed by atoms with Gasteiger partial charge >= 0.3 is 0 Å². The van der Waals surface area contributed by atoms with Crippen LogP contribution in [0.2, 0.25) is 0 Å². The van der Waals surface area contributed by atoms with Crippen LogP contribution in [0.3, 0.4) is 0 Å². The van der Waals surface area contributed by atoms with Crippen molar-refractivity contribution in [1.82, 2.24) is 0 Å². The lowest BCUT2D eigenvalue weighted by Gasteiger charge is -2.38. The highest BCUT2D eigenvalue weighted by Crippen LogP contribution is 2.37. The van der Waals surface area contributed by atoms with Crippen LogP contribution in [-0.2, 0) is 4.74 Å². The quantitative estimate of drug-likeness (QED) is 0.678. The summed E-state index contributed by atoms with van der Waals surface area (Å²) >= 11 is 0. The van der Waals surface area contributed by atoms with E-state index in [0.717, 1.165) is 12.5 Å². The van der Waals surface area contributed by atoms with Gasteiger partial charge in [0.25, 0.3) is 0 Å². The van der Waals surface area contributed by atoms with Gasteiger partial charge in [0, 0.05) is 0 Å². The van der Waals surface area contributed by atoms with Crippen LogP contribution < -0.4 is 0 Å². The van der Waals surface area contributed by atoms with E-state index >= 15 is 0 Å². The fourth-order valence-corrected chi connectivity index (χ4v) is 2.13. The third kappa shape index (κ3) is 5.34. The second-order valence-electron chi connectivity index (χ2n) is 7.87. The zero-order valence-electron chi connectivity index (χ0n) is 12.1. The van der Waals surface area contributed by atoms with E-state index in [9.17, 15) is 0 Å². The van der Waals surface area contributed by atoms with E-state index in [-0.39, 0.29) is 0 Å². The van der Waals surface area contributed by atoms with E-state index in [1.54, 1.807) is 0 Å². The molecule has 0 unspecified atom stereocenters. The molecule has 0 aliphatic heterocycles. The van der Waals surface area contributed by atoms with Gasteiger partial charge in [0.15, 0.2) is 0 Å². The first-order chi connectivity index (χ1) is 7.17. The topological polar surface area (TPSA) is 9.23 Å². The highest BCUT2D eigenvalue weighted by Gasteiger charge is 2.32. The van der Waals surface area contributed by atoms with Crippen LogP contribution in [0.4, 0.5) is 0 Å². The Labute approximate surface area is 102 Å². The molecule has 0 N–H and O–H groups in total. The molecule has 1 nitrogen and oxygen atoms in total. The molecule has 0 radical (unpaired) electrons. The minimum atomic E-state index is 0.292. The molecule has 0 heterocycles. The third-order valence-electron chi connectivity index (χ3n) is 3.22. The molecule has 0 amide bonds. The van der Waals surface area contributed by atoms with Gasteiger partial charge in [-0.15, -0.1) is 0 Å². The monoisotopic (exact) mass is 226 g/mol. The Bertz CT molecular complexity index is 202. The predicted molar refractivity (Wildman–Crippen MR) is 70.6 cm³/mol. The molecule has 16 heavy (non-hydrogen) atoms. The summed E-state index contributed by atoms with van der Waals surface area (Å²) in [7, 11) is 0. The maximum Gasteiger partial charge on any atom is 0.0608 e. The van der Waals surface area contributed by atoms with Gasteiger partial charge in [0.2, 0.25) is 0 Å². The van der Waals surface area contributed by atoms with E-state index in [2.05, 4.69) is 41.5 Å². The Balaban J connectivity index is 2.44. The normalized spacial score (nSPS) is 20.6. The van der Waals surface area contributed by atoms with Crippen molar-refractivity contribution in [2.45, 2.75) is 73.3 Å². The highest BCUT2D eigenvalue weighted by atomic mass is 16.5. The SMILES string of the molecule is CC(C)(C)CO[C@H](CC(C)(C)C)C1CCC1. The Morgan fingerprint density at radius 1 is 1.00 bits per heavy atom. The van der Waals surface area contributed by atoms with E-state index in [0.29, 0.717) is 16.9 Å². The van der Waals surface area contributed by atoms with Crippen molar-refractivity contribution < 1.29 is 4.74 Å². The molecule has 1 rings (SSSR count). The maximum absolute atomic E-state index is 6.19. The van der Waals surface area contributed by atoms with Crippen molar-refractivity contribution in [1.29, 1.82) is 0 Å². The minimum absolute atomic E-state index is 0.292. The van der Waals surface area contributed by atoms with Crippen molar-refractivity contribution in [3.05, 3.63) is 0 Å². The molecule has 1 saturated carbocycles. The number of hydrogen-bond acceptors (Lipinski definition) is 1. The van der Waals surface area contributed by atoms with Gasteiger partial charge < -0.3 is 4.74 Å². The lowest BCUT2D eigenvalue weighted by Crippen LogP contribution is -2.35. The first-order valence-corrected chi connectivity index (χ1v) is 6.79. The molecule has 1 fully saturated rings. The van der Waals surface area contributed by atoms with Crippen LogP contribution in [0, 0.1) is 16.7 Å². The second-order valence-corrected chi connectivity index (χ2v) is 7.87. The molecular formula is C15H30O. The first kappa shape index (κ1) is 14.0. The number of rotatable bonds is 4. The molecule has 0 bridgehead atoms. The summed E-state index contributed by atoms with van der Waals surface area (Å²) in [6, 6.07) is 0. The van der Waals surface area contributed by atoms with Crippen molar-refractivity contribution in [3.63, 3.8) is 0 Å². The minimum Gasteiger partial charge on any atom is -0.377 e. The van der Waals surface area contributed by atoms with Gasteiger partial charge in [0.1, 0.15) is 0 Å². The lowest BCUT2D eigenvalue weighted by molar-refractivity contribution is -0.0606. The van der Waals surface area contributed by atoms with Gasteiger partial charge in [0.05, 0.1) is 12.7 Å². The van der Waals surface area contributed by atoms with E-state index in [4.69, 9.17) is 4.74 Å². The first-order valence-electron chi connectivity index (χ1n) is 6.79. The van der Waals surface area contributed by atoms with Crippen LogP contribution in [0.25, 0.3) is 0 Å². The van der Waals surface area contributed by atoms with Crippen molar-refractivity contribution in [2.24, 2.45) is 16.7 Å². The standard InChI is InChI=1S/C15H30O/c1-14(2,3)10-13(12-8-7-9-12)16-11-15(4,5)6/h12-13H,7-11H2,1-6H3/t13-/m1/s1. The molecule has 0 saturated heterocycles. The Morgan fingerprint density at radius 2 is 1.56 bits per heavy atom. The van der Waals surface area contributed by atoms with Crippen LogP contribution in [-0.4, -0.2) is 12.7 Å². The summed E-state index contributed by atoms with van der Waals surface area (Å²) in [5, 5.41) is 0. The smallest absolute Gasteiger partial charge is 0.0608 e. The molecular weight excluding hydrogens is 196 g/mol. The van der Waals surface area contributed by atoms with Gasteiger partial charge in [-0.05, 0) is 36.0 Å². The molecule has 0 spiro atoms. The lowest BCUT2D eigenvalue weighted by atomic mass is 9.75. The summed E-state index contributed by atoms with van der Waals surface area (Å²) in [6.07, 6.45) is 5.86. The zero-order chi connectivity index (χ0) is 12.4. The molecule has 96 valence electrons. The largest absolute Gasteiger partial charge is 0.377 e. The average Bonchev–Trinajstić information content (AvgIpc) is 1.92. The third-order valence-corrected chi connectivity index (χ3v) is 3.22. The van der Waals surface area contributed by atoms with Crippen molar-refractivity contribution in [3.8, 4) is 0 Å². The summed E-state index contributed by atoms with van der Waals surface area (Å²) in [4.78, 5) is 0. The molecule has 1 aliphatic rings. The second kappa shape index (κ2) is 5.08. The van der Waals surface area contributed by atoms with Crippen LogP contribution in [0.5, 0.6) is 0 Å². The fourth-order valence-electron chi connectivity index (χ4n) is 2.13. The highest BCUT2D eigenvalue weighted by molar-refractivity contribution is 4.82. The van der Waals surface area contributed by atoms with Crippen LogP contribution >= 0.6 is 0 Å². The Morgan fingerprint density at radius 3 is 1.88 bits per heavy atom. The average molecular weight is 226 g/mol. The molecule has 0 aromatic heterocycles. The van der Waals surface area contributed by atoms with Gasteiger partial charge in [-0.1, -0.05) is 48.0 Å². The van der Waals surface area contributed by atoms with Crippen LogP contribution in [0.15, 0.2) is 0 Å². The summed E-state index contributed by atoms with van der Waals surface area (Å²) < 4.78 is 6.19. The molecule has 0 aromatic rings. The summed E-state index contributed by atoms with van der Waals surface area (Å²) in [6.45, 7) is 14.6. The molecule has 1 aliphatic carbocycles. The van der Waals surface area contributed by atoms with Gasteiger partial charge in [-0.3, -0.25) is 0 Å². The molecule has 0 aromatic carbocycles. The Kier molecular flexibility index (Phi) is 4.45. The van der Waals surface area contributed by atoms with Crippen molar-refractivity contribution in [2.75, 3.05) is 6.61 Å². The van der Waals surface area contributed by atoms with Crippen LogP contribution in [0.1, 0.15) is 67.2 Å². The molecule has 1 atom stereocenters. The Hall–Kier alpha value is -0.0400. The summed E-state index contributed by atoms with van der Waals surface area (Å²) in [5.74, 6) is 0.835. The fraction of sp³-hybridized carbons (Fsp3) is 1.00. The van der Waals surface area contributed by atoms with E-state index < -0.39 is 0 Å². The number of hydrogen-bond donors (Lipinski definition) is 0.